The third-order valence-electron chi connectivity index (χ3n) is 1.32. The molecule has 0 aliphatic rings. The molecule has 0 fully saturated rings. The fourth-order valence-corrected chi connectivity index (χ4v) is 0.859. The number of hydrogen-bond donors (Lipinski definition) is 1. The van der Waals surface area contributed by atoms with Gasteiger partial charge in [-0.15, -0.1) is 0 Å². The SMILES string of the molecule is CC.NCCc1cccc(F)c1.[HH]. The number of halogens is 1. The molecule has 0 saturated heterocycles. The van der Waals surface area contributed by atoms with Crippen molar-refractivity contribution >= 4 is 0 Å². The zero-order valence-corrected chi connectivity index (χ0v) is 7.68. The monoisotopic (exact) mass is 171 g/mol. The summed E-state index contributed by atoms with van der Waals surface area (Å²) in [7, 11) is 0. The van der Waals surface area contributed by atoms with Crippen molar-refractivity contribution in [2.75, 3.05) is 6.54 Å². The Labute approximate surface area is 74.9 Å². The van der Waals surface area contributed by atoms with Crippen LogP contribution in [0.25, 0.3) is 0 Å². The van der Waals surface area contributed by atoms with Gasteiger partial charge in [0.2, 0.25) is 0 Å². The van der Waals surface area contributed by atoms with Gasteiger partial charge in [-0.2, -0.15) is 0 Å². The Morgan fingerprint density at radius 2 is 2.08 bits per heavy atom. The van der Waals surface area contributed by atoms with Gasteiger partial charge in [-0.25, -0.2) is 4.39 Å². The molecule has 0 aliphatic carbocycles. The molecule has 0 atom stereocenters. The molecule has 1 rings (SSSR count). The molecule has 2 heteroatoms. The Morgan fingerprint density at radius 1 is 1.42 bits per heavy atom. The third-order valence-corrected chi connectivity index (χ3v) is 1.32. The summed E-state index contributed by atoms with van der Waals surface area (Å²) >= 11 is 0. The topological polar surface area (TPSA) is 26.0 Å². The van der Waals surface area contributed by atoms with E-state index >= 15 is 0 Å². The summed E-state index contributed by atoms with van der Waals surface area (Å²) in [5.41, 5.74) is 6.25. The molecule has 1 nitrogen and oxygen atoms in total. The predicted molar refractivity (Wildman–Crippen MR) is 52.6 cm³/mol. The van der Waals surface area contributed by atoms with E-state index in [0.717, 1.165) is 12.0 Å². The standard InChI is InChI=1S/C8H10FN.C2H6.H2/c9-8-3-1-2-7(6-8)4-5-10;1-2;/h1-3,6H,4-5,10H2;1-2H3;1H. The molecule has 12 heavy (non-hydrogen) atoms. The molecular weight excluding hydrogens is 153 g/mol. The Hall–Kier alpha value is -0.890. The largest absolute Gasteiger partial charge is 0.330 e. The molecule has 0 aromatic heterocycles. The molecule has 70 valence electrons. The maximum absolute atomic E-state index is 12.4. The summed E-state index contributed by atoms with van der Waals surface area (Å²) in [5.74, 6) is -0.189. The summed E-state index contributed by atoms with van der Waals surface area (Å²) < 4.78 is 12.4. The second-order valence-corrected chi connectivity index (χ2v) is 2.17. The molecule has 0 bridgehead atoms. The lowest BCUT2D eigenvalue weighted by Crippen LogP contribution is -2.02. The van der Waals surface area contributed by atoms with Crippen LogP contribution in [0.4, 0.5) is 4.39 Å². The van der Waals surface area contributed by atoms with Gasteiger partial charge in [0.05, 0.1) is 0 Å². The van der Waals surface area contributed by atoms with E-state index in [0.29, 0.717) is 6.54 Å². The van der Waals surface area contributed by atoms with E-state index in [1.54, 1.807) is 6.07 Å². The van der Waals surface area contributed by atoms with Crippen LogP contribution in [0.2, 0.25) is 0 Å². The minimum atomic E-state index is -0.189. The maximum Gasteiger partial charge on any atom is 0.123 e. The number of nitrogens with two attached hydrogens (primary N) is 1. The van der Waals surface area contributed by atoms with E-state index in [4.69, 9.17) is 5.73 Å². The van der Waals surface area contributed by atoms with E-state index < -0.39 is 0 Å². The maximum atomic E-state index is 12.4. The zero-order chi connectivity index (χ0) is 9.40. The van der Waals surface area contributed by atoms with Gasteiger partial charge in [-0.05, 0) is 30.7 Å². The summed E-state index contributed by atoms with van der Waals surface area (Å²) in [6, 6.07) is 6.50. The molecule has 2 N–H and O–H groups in total. The van der Waals surface area contributed by atoms with Crippen molar-refractivity contribution in [1.29, 1.82) is 0 Å². The van der Waals surface area contributed by atoms with Crippen LogP contribution in [0.15, 0.2) is 24.3 Å². The van der Waals surface area contributed by atoms with Gasteiger partial charge < -0.3 is 5.73 Å². The van der Waals surface area contributed by atoms with Gasteiger partial charge in [0.15, 0.2) is 0 Å². The van der Waals surface area contributed by atoms with E-state index in [9.17, 15) is 4.39 Å². The summed E-state index contributed by atoms with van der Waals surface area (Å²) in [4.78, 5) is 0. The van der Waals surface area contributed by atoms with Crippen molar-refractivity contribution in [3.8, 4) is 0 Å². The minimum Gasteiger partial charge on any atom is -0.330 e. The third kappa shape index (κ3) is 4.09. The van der Waals surface area contributed by atoms with Gasteiger partial charge in [-0.3, -0.25) is 0 Å². The molecule has 0 spiro atoms. The van der Waals surface area contributed by atoms with Crippen LogP contribution < -0.4 is 5.73 Å². The van der Waals surface area contributed by atoms with Crippen LogP contribution >= 0.6 is 0 Å². The van der Waals surface area contributed by atoms with Crippen molar-refractivity contribution in [2.24, 2.45) is 5.73 Å². The second kappa shape index (κ2) is 6.80. The van der Waals surface area contributed by atoms with Crippen molar-refractivity contribution in [3.63, 3.8) is 0 Å². The van der Waals surface area contributed by atoms with E-state index in [2.05, 4.69) is 0 Å². The van der Waals surface area contributed by atoms with E-state index in [1.165, 1.54) is 12.1 Å². The van der Waals surface area contributed by atoms with Crippen molar-refractivity contribution < 1.29 is 5.82 Å². The molecular formula is C10H18FN. The first-order valence-electron chi connectivity index (χ1n) is 4.27. The zero-order valence-electron chi connectivity index (χ0n) is 7.68. The first-order valence-corrected chi connectivity index (χ1v) is 4.27. The van der Waals surface area contributed by atoms with Gasteiger partial charge >= 0.3 is 0 Å². The smallest absolute Gasteiger partial charge is 0.123 e. The number of benzene rings is 1. The average molecular weight is 171 g/mol. The first kappa shape index (κ1) is 11.1. The van der Waals surface area contributed by atoms with Crippen LogP contribution in [0.3, 0.4) is 0 Å². The summed E-state index contributed by atoms with van der Waals surface area (Å²) in [6.07, 6.45) is 0.748. The summed E-state index contributed by atoms with van der Waals surface area (Å²) in [6.45, 7) is 4.57. The normalized spacial score (nSPS) is 8.67. The highest BCUT2D eigenvalue weighted by atomic mass is 19.1. The lowest BCUT2D eigenvalue weighted by Gasteiger charge is -1.96. The van der Waals surface area contributed by atoms with Crippen LogP contribution in [0.1, 0.15) is 20.8 Å². The van der Waals surface area contributed by atoms with Crippen molar-refractivity contribution in [3.05, 3.63) is 35.6 Å². The quantitative estimate of drug-likeness (QED) is 0.727. The molecule has 1 aromatic rings. The molecule has 0 saturated carbocycles. The second-order valence-electron chi connectivity index (χ2n) is 2.17. The van der Waals surface area contributed by atoms with Crippen LogP contribution in [-0.4, -0.2) is 6.54 Å². The van der Waals surface area contributed by atoms with Gasteiger partial charge in [0, 0.05) is 1.43 Å². The molecule has 0 unspecified atom stereocenters. The molecule has 0 radical (unpaired) electrons. The number of hydrogen-bond acceptors (Lipinski definition) is 1. The molecule has 0 heterocycles. The van der Waals surface area contributed by atoms with Crippen LogP contribution in [0.5, 0.6) is 0 Å². The fourth-order valence-electron chi connectivity index (χ4n) is 0.859. The van der Waals surface area contributed by atoms with Crippen LogP contribution in [-0.2, 0) is 6.42 Å². The Bertz CT molecular complexity index is 216. The first-order chi connectivity index (χ1) is 5.83. The lowest BCUT2D eigenvalue weighted by atomic mass is 10.1. The summed E-state index contributed by atoms with van der Waals surface area (Å²) in [5, 5.41) is 0. The fraction of sp³-hybridized carbons (Fsp3) is 0.400. The average Bonchev–Trinajstić information content (AvgIpc) is 2.09. The molecule has 0 aliphatic heterocycles. The van der Waals surface area contributed by atoms with E-state index in [-0.39, 0.29) is 7.24 Å². The van der Waals surface area contributed by atoms with Crippen molar-refractivity contribution in [1.82, 2.24) is 0 Å². The Balaban J connectivity index is 0. The van der Waals surface area contributed by atoms with Gasteiger partial charge in [0.25, 0.3) is 0 Å². The van der Waals surface area contributed by atoms with Gasteiger partial charge in [-0.1, -0.05) is 26.0 Å². The lowest BCUT2D eigenvalue weighted by molar-refractivity contribution is 0.625. The Morgan fingerprint density at radius 3 is 2.58 bits per heavy atom. The minimum absolute atomic E-state index is 0. The Kier molecular flexibility index (Phi) is 6.29. The van der Waals surface area contributed by atoms with Crippen molar-refractivity contribution in [2.45, 2.75) is 20.3 Å². The molecule has 1 aromatic carbocycles. The van der Waals surface area contributed by atoms with E-state index in [1.807, 2.05) is 19.9 Å². The highest BCUT2D eigenvalue weighted by Crippen LogP contribution is 2.02. The molecule has 0 amide bonds. The predicted octanol–water partition coefficient (Wildman–Crippen LogP) is 2.60. The number of rotatable bonds is 2. The van der Waals surface area contributed by atoms with Gasteiger partial charge in [0.1, 0.15) is 5.82 Å². The highest BCUT2D eigenvalue weighted by Gasteiger charge is 1.91. The highest BCUT2D eigenvalue weighted by molar-refractivity contribution is 5.16. The van der Waals surface area contributed by atoms with Crippen LogP contribution in [0, 0.1) is 5.82 Å².